The molecule has 1 aliphatic rings. The number of nitrogens with two attached hydrogens (primary N) is 1. The topological polar surface area (TPSA) is 134 Å². The zero-order chi connectivity index (χ0) is 18.1. The number of aliphatic hydroxyl groups is 2. The van der Waals surface area contributed by atoms with Gasteiger partial charge in [0.1, 0.15) is 23.7 Å². The number of amides is 1. The minimum absolute atomic E-state index is 0.0335. The van der Waals surface area contributed by atoms with E-state index in [4.69, 9.17) is 22.1 Å². The van der Waals surface area contributed by atoms with Gasteiger partial charge < -0.3 is 30.9 Å². The third-order valence-corrected chi connectivity index (χ3v) is 3.74. The van der Waals surface area contributed by atoms with Crippen molar-refractivity contribution in [2.75, 3.05) is 24.1 Å². The van der Waals surface area contributed by atoms with E-state index in [2.05, 4.69) is 15.3 Å². The average molecular weight is 360 g/mol. The van der Waals surface area contributed by atoms with Crippen LogP contribution in [0.25, 0.3) is 0 Å². The maximum absolute atomic E-state index is 12.2. The van der Waals surface area contributed by atoms with Gasteiger partial charge in [-0.15, -0.1) is 0 Å². The van der Waals surface area contributed by atoms with Gasteiger partial charge in [0.2, 0.25) is 0 Å². The summed E-state index contributed by atoms with van der Waals surface area (Å²) in [5, 5.41) is 23.2. The summed E-state index contributed by atoms with van der Waals surface area (Å²) in [6, 6.07) is -0.700. The van der Waals surface area contributed by atoms with Crippen molar-refractivity contribution in [1.82, 2.24) is 14.9 Å². The minimum Gasteiger partial charge on any atom is -0.444 e. The van der Waals surface area contributed by atoms with Crippen molar-refractivity contribution in [3.8, 4) is 0 Å². The van der Waals surface area contributed by atoms with Gasteiger partial charge in [-0.2, -0.15) is 0 Å². The second-order valence-electron chi connectivity index (χ2n) is 6.62. The summed E-state index contributed by atoms with van der Waals surface area (Å²) in [5.41, 5.74) is 5.25. The molecule has 1 aliphatic heterocycles. The van der Waals surface area contributed by atoms with Crippen LogP contribution in [-0.4, -0.2) is 68.1 Å². The Bertz CT molecular complexity index is 609. The molecule has 134 valence electrons. The largest absolute Gasteiger partial charge is 0.444 e. The van der Waals surface area contributed by atoms with E-state index >= 15 is 0 Å². The van der Waals surface area contributed by atoms with Gasteiger partial charge in [0.05, 0.1) is 18.7 Å². The lowest BCUT2D eigenvalue weighted by Crippen LogP contribution is -2.60. The SMILES string of the molecule is CC(C)(C)OC(=O)N1C[C@@H](O)[C@@H](O)[C@H](Nc2ncnc(Cl)c2N)C1. The van der Waals surface area contributed by atoms with Crippen molar-refractivity contribution >= 4 is 29.2 Å². The predicted molar refractivity (Wildman–Crippen MR) is 88.7 cm³/mol. The standard InChI is InChI=1S/C14H22ClN5O4/c1-14(2,3)24-13(23)20-4-7(10(22)8(21)5-20)19-12-9(16)11(15)17-6-18-12/h6-8,10,21-22H,4-5,16H2,1-3H3,(H,17,18,19)/t7-,8-,10+/m1/s1. The molecule has 0 aromatic carbocycles. The van der Waals surface area contributed by atoms with Crippen LogP contribution >= 0.6 is 11.6 Å². The molecule has 3 atom stereocenters. The van der Waals surface area contributed by atoms with Gasteiger partial charge in [-0.3, -0.25) is 0 Å². The van der Waals surface area contributed by atoms with Crippen molar-refractivity contribution < 1.29 is 19.7 Å². The highest BCUT2D eigenvalue weighted by atomic mass is 35.5. The lowest BCUT2D eigenvalue weighted by atomic mass is 9.99. The minimum atomic E-state index is -1.14. The van der Waals surface area contributed by atoms with Crippen LogP contribution in [0.4, 0.5) is 16.3 Å². The molecular formula is C14H22ClN5O4. The first kappa shape index (κ1) is 18.5. The van der Waals surface area contributed by atoms with E-state index < -0.39 is 29.9 Å². The van der Waals surface area contributed by atoms with Crippen LogP contribution in [0, 0.1) is 0 Å². The van der Waals surface area contributed by atoms with Crippen LogP contribution in [0.5, 0.6) is 0 Å². The monoisotopic (exact) mass is 359 g/mol. The van der Waals surface area contributed by atoms with Crippen molar-refractivity contribution in [2.24, 2.45) is 0 Å². The normalized spacial score (nSPS) is 24.6. The third-order valence-electron chi connectivity index (χ3n) is 3.44. The average Bonchev–Trinajstić information content (AvgIpc) is 2.46. The number of hydrogen-bond acceptors (Lipinski definition) is 8. The number of aliphatic hydroxyl groups excluding tert-OH is 2. The van der Waals surface area contributed by atoms with Crippen molar-refractivity contribution in [2.45, 2.75) is 44.6 Å². The summed E-state index contributed by atoms with van der Waals surface area (Å²) in [5.74, 6) is 0.220. The number of likely N-dealkylation sites (tertiary alicyclic amines) is 1. The van der Waals surface area contributed by atoms with Gasteiger partial charge in [-0.05, 0) is 20.8 Å². The van der Waals surface area contributed by atoms with Crippen LogP contribution < -0.4 is 11.1 Å². The summed E-state index contributed by atoms with van der Waals surface area (Å²) < 4.78 is 5.30. The van der Waals surface area contributed by atoms with E-state index in [9.17, 15) is 15.0 Å². The molecule has 0 radical (unpaired) electrons. The molecule has 0 bridgehead atoms. The molecule has 0 aliphatic carbocycles. The Morgan fingerprint density at radius 2 is 2.08 bits per heavy atom. The highest BCUT2D eigenvalue weighted by molar-refractivity contribution is 6.32. The number of ether oxygens (including phenoxy) is 1. The third kappa shape index (κ3) is 4.37. The number of carbonyl (C=O) groups excluding carboxylic acids is 1. The van der Waals surface area contributed by atoms with Crippen molar-refractivity contribution in [3.05, 3.63) is 11.5 Å². The van der Waals surface area contributed by atoms with Gasteiger partial charge in [0.15, 0.2) is 11.0 Å². The lowest BCUT2D eigenvalue weighted by Gasteiger charge is -2.40. The van der Waals surface area contributed by atoms with Gasteiger partial charge in [-0.25, -0.2) is 14.8 Å². The molecular weight excluding hydrogens is 338 g/mol. The molecule has 2 heterocycles. The molecule has 5 N–H and O–H groups in total. The van der Waals surface area contributed by atoms with E-state index in [1.165, 1.54) is 11.2 Å². The Morgan fingerprint density at radius 1 is 1.42 bits per heavy atom. The number of piperidine rings is 1. The number of β-amino-alcohol motifs (C(OH)–C–C–N with tert-alkyl or cyclic N) is 1. The summed E-state index contributed by atoms with van der Waals surface area (Å²) in [6.07, 6.45) is -1.61. The Hall–Kier alpha value is -1.84. The fourth-order valence-corrected chi connectivity index (χ4v) is 2.43. The van der Waals surface area contributed by atoms with E-state index in [1.54, 1.807) is 20.8 Å². The zero-order valence-corrected chi connectivity index (χ0v) is 14.5. The highest BCUT2D eigenvalue weighted by Gasteiger charge is 2.38. The molecule has 1 saturated heterocycles. The number of hydrogen-bond donors (Lipinski definition) is 4. The maximum Gasteiger partial charge on any atom is 0.410 e. The first-order chi connectivity index (χ1) is 11.1. The van der Waals surface area contributed by atoms with Crippen molar-refractivity contribution in [1.29, 1.82) is 0 Å². The smallest absolute Gasteiger partial charge is 0.410 e. The number of anilines is 2. The number of nitrogens with one attached hydrogen (secondary N) is 1. The molecule has 2 rings (SSSR count). The first-order valence-corrected chi connectivity index (χ1v) is 7.83. The Morgan fingerprint density at radius 3 is 2.71 bits per heavy atom. The molecule has 9 nitrogen and oxygen atoms in total. The van der Waals surface area contributed by atoms with Gasteiger partial charge in [-0.1, -0.05) is 11.6 Å². The van der Waals surface area contributed by atoms with E-state index in [-0.39, 0.29) is 29.7 Å². The molecule has 0 spiro atoms. The van der Waals surface area contributed by atoms with Crippen LogP contribution in [0.2, 0.25) is 5.15 Å². The van der Waals surface area contributed by atoms with Gasteiger partial charge in [0.25, 0.3) is 0 Å². The van der Waals surface area contributed by atoms with Crippen LogP contribution in [0.1, 0.15) is 20.8 Å². The lowest BCUT2D eigenvalue weighted by molar-refractivity contribution is -0.0527. The van der Waals surface area contributed by atoms with Crippen LogP contribution in [0.15, 0.2) is 6.33 Å². The summed E-state index contributed by atoms with van der Waals surface area (Å²) in [4.78, 5) is 21.2. The first-order valence-electron chi connectivity index (χ1n) is 7.45. The molecule has 24 heavy (non-hydrogen) atoms. The Labute approximate surface area is 144 Å². The Balaban J connectivity index is 2.13. The quantitative estimate of drug-likeness (QED) is 0.560. The van der Waals surface area contributed by atoms with E-state index in [0.29, 0.717) is 0 Å². The summed E-state index contributed by atoms with van der Waals surface area (Å²) >= 11 is 5.84. The summed E-state index contributed by atoms with van der Waals surface area (Å²) in [7, 11) is 0. The molecule has 1 amide bonds. The fraction of sp³-hybridized carbons (Fsp3) is 0.643. The van der Waals surface area contributed by atoms with E-state index in [1.807, 2.05) is 0 Å². The number of aromatic nitrogens is 2. The maximum atomic E-state index is 12.2. The number of halogens is 1. The second-order valence-corrected chi connectivity index (χ2v) is 6.98. The van der Waals surface area contributed by atoms with E-state index in [0.717, 1.165) is 0 Å². The van der Waals surface area contributed by atoms with Crippen LogP contribution in [0.3, 0.4) is 0 Å². The fourth-order valence-electron chi connectivity index (χ4n) is 2.29. The second kappa shape index (κ2) is 6.96. The number of rotatable bonds is 2. The number of nitrogens with zero attached hydrogens (tertiary/aromatic N) is 3. The number of nitrogen functional groups attached to an aromatic ring is 1. The molecule has 10 heteroatoms. The molecule has 0 unspecified atom stereocenters. The molecule has 0 saturated carbocycles. The highest BCUT2D eigenvalue weighted by Crippen LogP contribution is 2.25. The van der Waals surface area contributed by atoms with Gasteiger partial charge >= 0.3 is 6.09 Å². The summed E-state index contributed by atoms with van der Waals surface area (Å²) in [6.45, 7) is 5.32. The number of carbonyl (C=O) groups is 1. The van der Waals surface area contributed by atoms with Gasteiger partial charge in [0, 0.05) is 6.54 Å². The zero-order valence-electron chi connectivity index (χ0n) is 13.7. The molecule has 1 aromatic rings. The predicted octanol–water partition coefficient (Wildman–Crippen LogP) is 0.465. The van der Waals surface area contributed by atoms with Crippen LogP contribution in [-0.2, 0) is 4.74 Å². The molecule has 1 aromatic heterocycles. The Kier molecular flexibility index (Phi) is 5.36. The molecule has 1 fully saturated rings. The van der Waals surface area contributed by atoms with Crippen molar-refractivity contribution in [3.63, 3.8) is 0 Å².